The Balaban J connectivity index is 2.19. The molecule has 0 fully saturated rings. The molecule has 13 heteroatoms. The number of sulfone groups is 1. The molecule has 0 amide bonds. The average molecular weight is 508 g/mol. The van der Waals surface area contributed by atoms with E-state index in [0.29, 0.717) is 12.1 Å². The number of alkyl halides is 6. The highest BCUT2D eigenvalue weighted by Crippen LogP contribution is 2.47. The van der Waals surface area contributed by atoms with Crippen LogP contribution < -0.4 is 4.74 Å². The van der Waals surface area contributed by atoms with Gasteiger partial charge < -0.3 is 9.84 Å². The Morgan fingerprint density at radius 3 is 1.82 bits per heavy atom. The first-order valence-electron chi connectivity index (χ1n) is 8.93. The van der Waals surface area contributed by atoms with Crippen molar-refractivity contribution >= 4 is 16.1 Å². The van der Waals surface area contributed by atoms with Gasteiger partial charge in [0, 0.05) is 11.6 Å². The summed E-state index contributed by atoms with van der Waals surface area (Å²) in [5.74, 6) is -4.19. The summed E-state index contributed by atoms with van der Waals surface area (Å²) in [5.41, 5.74) is -4.78. The monoisotopic (exact) mass is 508 g/mol. The van der Waals surface area contributed by atoms with Gasteiger partial charge in [-0.15, -0.1) is 0 Å². The number of hydrogen-bond acceptors (Lipinski definition) is 5. The smallest absolute Gasteiger partial charge is 0.420 e. The number of aldehydes is 1. The van der Waals surface area contributed by atoms with Crippen LogP contribution in [0.1, 0.15) is 21.5 Å². The molecule has 0 radical (unpaired) electrons. The standard InChI is InChI=1S/C21H11F7O5S/c22-12-1-4-14(5-2-12)34(31,32)18-9-13(3-6-17(18)30)33-19-15(20(23,24)25)7-11(10-29)8-16(19)21(26,27)28/h1-10,30H. The van der Waals surface area contributed by atoms with E-state index in [1.165, 1.54) is 0 Å². The van der Waals surface area contributed by atoms with Crippen LogP contribution in [0, 0.1) is 5.82 Å². The molecule has 0 aliphatic carbocycles. The first kappa shape index (κ1) is 25.0. The number of carbonyl (C=O) groups excluding carboxylic acids is 1. The van der Waals surface area contributed by atoms with Gasteiger partial charge in [-0.05, 0) is 48.5 Å². The Hall–Kier alpha value is -3.61. The van der Waals surface area contributed by atoms with Crippen molar-refractivity contribution in [1.82, 2.24) is 0 Å². The summed E-state index contributed by atoms with van der Waals surface area (Å²) in [4.78, 5) is 9.47. The number of aromatic hydroxyl groups is 1. The van der Waals surface area contributed by atoms with E-state index in [-0.39, 0.29) is 18.4 Å². The highest BCUT2D eigenvalue weighted by Gasteiger charge is 2.43. The normalized spacial score (nSPS) is 12.4. The number of phenols is 1. The predicted octanol–water partition coefficient (Wildman–Crippen LogP) is 6.01. The lowest BCUT2D eigenvalue weighted by Gasteiger charge is -2.20. The summed E-state index contributed by atoms with van der Waals surface area (Å²) in [6, 6.07) is 5.52. The van der Waals surface area contributed by atoms with Crippen molar-refractivity contribution in [2.45, 2.75) is 22.1 Å². The Labute approximate surface area is 186 Å². The molecule has 0 saturated carbocycles. The largest absolute Gasteiger partial charge is 0.507 e. The first-order chi connectivity index (χ1) is 15.6. The van der Waals surface area contributed by atoms with Gasteiger partial charge in [-0.25, -0.2) is 12.8 Å². The molecular formula is C21H11F7O5S. The second-order valence-electron chi connectivity index (χ2n) is 6.75. The molecule has 0 atom stereocenters. The summed E-state index contributed by atoms with van der Waals surface area (Å²) in [6.07, 6.45) is -11.0. The molecule has 0 aliphatic rings. The molecular weight excluding hydrogens is 497 g/mol. The Morgan fingerprint density at radius 2 is 1.35 bits per heavy atom. The lowest BCUT2D eigenvalue weighted by atomic mass is 10.0. The average Bonchev–Trinajstić information content (AvgIpc) is 2.73. The predicted molar refractivity (Wildman–Crippen MR) is 102 cm³/mol. The third-order valence-corrected chi connectivity index (χ3v) is 6.22. The third-order valence-electron chi connectivity index (χ3n) is 4.42. The van der Waals surface area contributed by atoms with Gasteiger partial charge in [-0.1, -0.05) is 0 Å². The summed E-state index contributed by atoms with van der Waals surface area (Å²) in [7, 11) is -4.58. The topological polar surface area (TPSA) is 80.7 Å². The molecule has 3 aromatic carbocycles. The molecule has 0 aromatic heterocycles. The van der Waals surface area contributed by atoms with E-state index < -0.39 is 71.7 Å². The summed E-state index contributed by atoms with van der Waals surface area (Å²) in [5, 5.41) is 9.98. The maximum absolute atomic E-state index is 13.5. The van der Waals surface area contributed by atoms with Crippen LogP contribution in [0.2, 0.25) is 0 Å². The van der Waals surface area contributed by atoms with Crippen molar-refractivity contribution in [3.63, 3.8) is 0 Å². The molecule has 180 valence electrons. The van der Waals surface area contributed by atoms with Crippen molar-refractivity contribution in [2.24, 2.45) is 0 Å². The molecule has 0 aliphatic heterocycles. The maximum atomic E-state index is 13.5. The van der Waals surface area contributed by atoms with Gasteiger partial charge in [0.25, 0.3) is 0 Å². The number of hydrogen-bond donors (Lipinski definition) is 1. The third kappa shape index (κ3) is 4.98. The van der Waals surface area contributed by atoms with Crippen LogP contribution in [0.5, 0.6) is 17.2 Å². The molecule has 0 saturated heterocycles. The second-order valence-corrected chi connectivity index (χ2v) is 8.67. The Bertz CT molecular complexity index is 1310. The quantitative estimate of drug-likeness (QED) is 0.260. The van der Waals surface area contributed by atoms with Gasteiger partial charge in [0.15, 0.2) is 5.75 Å². The number of benzene rings is 3. The van der Waals surface area contributed by atoms with Gasteiger partial charge in [-0.2, -0.15) is 26.3 Å². The highest BCUT2D eigenvalue weighted by atomic mass is 32.2. The van der Waals surface area contributed by atoms with E-state index in [1.807, 2.05) is 0 Å². The van der Waals surface area contributed by atoms with Gasteiger partial charge in [0.2, 0.25) is 9.84 Å². The van der Waals surface area contributed by atoms with Crippen LogP contribution in [-0.4, -0.2) is 19.8 Å². The van der Waals surface area contributed by atoms with E-state index in [9.17, 15) is 49.1 Å². The number of phenolic OH excluding ortho intramolecular Hbond substituents is 1. The summed E-state index contributed by atoms with van der Waals surface area (Å²) >= 11 is 0. The van der Waals surface area contributed by atoms with E-state index >= 15 is 0 Å². The van der Waals surface area contributed by atoms with E-state index in [4.69, 9.17) is 4.74 Å². The van der Waals surface area contributed by atoms with Crippen molar-refractivity contribution in [3.8, 4) is 17.2 Å². The Kier molecular flexibility index (Phi) is 6.35. The van der Waals surface area contributed by atoms with E-state index in [0.717, 1.165) is 30.3 Å². The SMILES string of the molecule is O=Cc1cc(C(F)(F)F)c(Oc2ccc(O)c(S(=O)(=O)c3ccc(F)cc3)c2)c(C(F)(F)F)c1. The van der Waals surface area contributed by atoms with Gasteiger partial charge in [0.05, 0.1) is 16.0 Å². The lowest BCUT2D eigenvalue weighted by molar-refractivity contribution is -0.145. The summed E-state index contributed by atoms with van der Waals surface area (Å²) in [6.45, 7) is 0. The highest BCUT2D eigenvalue weighted by molar-refractivity contribution is 7.91. The van der Waals surface area contributed by atoms with Crippen LogP contribution in [0.4, 0.5) is 30.7 Å². The molecule has 0 spiro atoms. The molecule has 1 N–H and O–H groups in total. The van der Waals surface area contributed by atoms with E-state index in [1.54, 1.807) is 0 Å². The van der Waals surface area contributed by atoms with E-state index in [2.05, 4.69) is 0 Å². The van der Waals surface area contributed by atoms with Crippen LogP contribution in [0.3, 0.4) is 0 Å². The second kappa shape index (κ2) is 8.63. The van der Waals surface area contributed by atoms with Crippen molar-refractivity contribution < 1.29 is 53.8 Å². The zero-order chi connectivity index (χ0) is 25.5. The van der Waals surface area contributed by atoms with Gasteiger partial charge >= 0.3 is 12.4 Å². The number of halogens is 7. The first-order valence-corrected chi connectivity index (χ1v) is 10.4. The number of carbonyl (C=O) groups is 1. The number of ether oxygens (including phenoxy) is 1. The zero-order valence-corrected chi connectivity index (χ0v) is 17.2. The molecule has 3 aromatic rings. The minimum atomic E-state index is -5.38. The Morgan fingerprint density at radius 1 is 0.824 bits per heavy atom. The van der Waals surface area contributed by atoms with Crippen LogP contribution in [0.25, 0.3) is 0 Å². The fourth-order valence-corrected chi connectivity index (χ4v) is 4.25. The van der Waals surface area contributed by atoms with Crippen molar-refractivity contribution in [1.29, 1.82) is 0 Å². The van der Waals surface area contributed by atoms with Crippen LogP contribution in [-0.2, 0) is 22.2 Å². The zero-order valence-electron chi connectivity index (χ0n) is 16.4. The molecule has 5 nitrogen and oxygen atoms in total. The fourth-order valence-electron chi connectivity index (χ4n) is 2.88. The van der Waals surface area contributed by atoms with Crippen LogP contribution in [0.15, 0.2) is 64.4 Å². The molecule has 0 heterocycles. The summed E-state index contributed by atoms with van der Waals surface area (Å²) < 4.78 is 124. The molecule has 0 bridgehead atoms. The lowest BCUT2D eigenvalue weighted by Crippen LogP contribution is -2.15. The van der Waals surface area contributed by atoms with Gasteiger partial charge in [-0.3, -0.25) is 4.79 Å². The minimum Gasteiger partial charge on any atom is -0.507 e. The maximum Gasteiger partial charge on any atom is 0.420 e. The van der Waals surface area contributed by atoms with Crippen molar-refractivity contribution in [2.75, 3.05) is 0 Å². The minimum absolute atomic E-state index is 0.147. The van der Waals surface area contributed by atoms with Gasteiger partial charge in [0.1, 0.15) is 28.5 Å². The number of rotatable bonds is 5. The molecule has 0 unspecified atom stereocenters. The molecule has 3 rings (SSSR count). The van der Waals surface area contributed by atoms with Crippen LogP contribution >= 0.6 is 0 Å². The van der Waals surface area contributed by atoms with Crippen molar-refractivity contribution in [3.05, 3.63) is 77.1 Å². The molecule has 34 heavy (non-hydrogen) atoms. The fraction of sp³-hybridized carbons (Fsp3) is 0.0952.